The molecule has 1 fully saturated rings. The van der Waals surface area contributed by atoms with Gasteiger partial charge in [0.1, 0.15) is 12.1 Å². The van der Waals surface area contributed by atoms with Crippen LogP contribution in [0.2, 0.25) is 0 Å². The summed E-state index contributed by atoms with van der Waals surface area (Å²) in [4.78, 5) is 22.5. The molecule has 98 valence electrons. The van der Waals surface area contributed by atoms with Crippen LogP contribution >= 0.6 is 0 Å². The number of carbonyl (C=O) groups excluding carboxylic acids is 1. The van der Waals surface area contributed by atoms with Gasteiger partial charge in [-0.25, -0.2) is 9.59 Å². The molecule has 0 aromatic heterocycles. The number of aliphatic carboxylic acids is 1. The average molecular weight is 245 g/mol. The zero-order chi connectivity index (χ0) is 13.1. The van der Waals surface area contributed by atoms with Crippen molar-refractivity contribution in [3.05, 3.63) is 0 Å². The Bertz CT molecular complexity index is 291. The van der Waals surface area contributed by atoms with Crippen LogP contribution in [0.5, 0.6) is 0 Å². The highest BCUT2D eigenvalue weighted by atomic mass is 16.6. The predicted octanol–water partition coefficient (Wildman–Crippen LogP) is 1.00. The molecule has 0 unspecified atom stereocenters. The van der Waals surface area contributed by atoms with Gasteiger partial charge >= 0.3 is 12.1 Å². The molecule has 1 saturated heterocycles. The summed E-state index contributed by atoms with van der Waals surface area (Å²) in [6.45, 7) is 6.17. The monoisotopic (exact) mass is 245 g/mol. The quantitative estimate of drug-likeness (QED) is 0.774. The van der Waals surface area contributed by atoms with Crippen LogP contribution in [0.4, 0.5) is 4.79 Å². The Morgan fingerprint density at radius 1 is 1.47 bits per heavy atom. The fourth-order valence-electron chi connectivity index (χ4n) is 1.56. The lowest BCUT2D eigenvalue weighted by atomic mass is 9.87. The number of carboxylic acid groups (broad SMARTS) is 1. The molecule has 0 bridgehead atoms. The highest BCUT2D eigenvalue weighted by Gasteiger charge is 2.33. The van der Waals surface area contributed by atoms with Gasteiger partial charge < -0.3 is 19.9 Å². The molecular weight excluding hydrogens is 226 g/mol. The zero-order valence-corrected chi connectivity index (χ0v) is 10.4. The van der Waals surface area contributed by atoms with Gasteiger partial charge in [-0.2, -0.15) is 0 Å². The van der Waals surface area contributed by atoms with Gasteiger partial charge in [-0.3, -0.25) is 0 Å². The van der Waals surface area contributed by atoms with Crippen LogP contribution in [0.1, 0.15) is 27.2 Å². The van der Waals surface area contributed by atoms with E-state index in [1.165, 1.54) is 0 Å². The standard InChI is InChI=1S/C11H19NO5/c1-11(2,3)8(9(13)14)12-10(15)17-7-4-5-16-6-7/h7-8H,4-6H2,1-3H3,(H,12,15)(H,13,14)/t7-,8+/m0/s1. The summed E-state index contributed by atoms with van der Waals surface area (Å²) < 4.78 is 10.1. The van der Waals surface area contributed by atoms with Gasteiger partial charge in [0.2, 0.25) is 0 Å². The molecule has 1 aliphatic rings. The maximum absolute atomic E-state index is 11.5. The molecule has 2 N–H and O–H groups in total. The van der Waals surface area contributed by atoms with Crippen molar-refractivity contribution in [2.75, 3.05) is 13.2 Å². The van der Waals surface area contributed by atoms with E-state index in [9.17, 15) is 9.59 Å². The number of hydrogen-bond acceptors (Lipinski definition) is 4. The molecule has 0 radical (unpaired) electrons. The molecule has 0 aromatic carbocycles. The van der Waals surface area contributed by atoms with E-state index in [0.29, 0.717) is 19.6 Å². The maximum Gasteiger partial charge on any atom is 0.408 e. The maximum atomic E-state index is 11.5. The molecule has 0 aromatic rings. The van der Waals surface area contributed by atoms with Crippen molar-refractivity contribution in [1.29, 1.82) is 0 Å². The molecule has 1 rings (SSSR count). The number of rotatable bonds is 3. The van der Waals surface area contributed by atoms with Crippen molar-refractivity contribution in [2.24, 2.45) is 5.41 Å². The fraction of sp³-hybridized carbons (Fsp3) is 0.818. The van der Waals surface area contributed by atoms with Crippen LogP contribution in [0.3, 0.4) is 0 Å². The first-order valence-electron chi connectivity index (χ1n) is 5.58. The Morgan fingerprint density at radius 3 is 2.53 bits per heavy atom. The molecule has 2 atom stereocenters. The van der Waals surface area contributed by atoms with Gasteiger partial charge in [-0.1, -0.05) is 20.8 Å². The molecular formula is C11H19NO5. The van der Waals surface area contributed by atoms with Crippen LogP contribution < -0.4 is 5.32 Å². The molecule has 0 aliphatic carbocycles. The number of carboxylic acids is 1. The lowest BCUT2D eigenvalue weighted by molar-refractivity contribution is -0.142. The summed E-state index contributed by atoms with van der Waals surface area (Å²) >= 11 is 0. The van der Waals surface area contributed by atoms with E-state index in [1.54, 1.807) is 20.8 Å². The first kappa shape index (κ1) is 13.8. The van der Waals surface area contributed by atoms with E-state index in [-0.39, 0.29) is 6.10 Å². The van der Waals surface area contributed by atoms with E-state index in [1.807, 2.05) is 0 Å². The normalized spacial score (nSPS) is 21.9. The number of hydrogen-bond donors (Lipinski definition) is 2. The average Bonchev–Trinajstić information content (AvgIpc) is 2.64. The molecule has 17 heavy (non-hydrogen) atoms. The van der Waals surface area contributed by atoms with E-state index in [4.69, 9.17) is 14.6 Å². The lowest BCUT2D eigenvalue weighted by Gasteiger charge is -2.27. The van der Waals surface area contributed by atoms with Crippen LogP contribution in [-0.2, 0) is 14.3 Å². The van der Waals surface area contributed by atoms with E-state index in [0.717, 1.165) is 0 Å². The van der Waals surface area contributed by atoms with E-state index < -0.39 is 23.5 Å². The Hall–Kier alpha value is -1.30. The first-order valence-corrected chi connectivity index (χ1v) is 5.58. The lowest BCUT2D eigenvalue weighted by Crippen LogP contribution is -2.49. The highest BCUT2D eigenvalue weighted by Crippen LogP contribution is 2.19. The minimum absolute atomic E-state index is 0.274. The van der Waals surface area contributed by atoms with Crippen LogP contribution in [0.25, 0.3) is 0 Å². The number of amides is 1. The van der Waals surface area contributed by atoms with Crippen LogP contribution in [-0.4, -0.2) is 42.5 Å². The van der Waals surface area contributed by atoms with E-state index in [2.05, 4.69) is 5.32 Å². The van der Waals surface area contributed by atoms with Crippen molar-refractivity contribution in [3.8, 4) is 0 Å². The molecule has 6 heteroatoms. The third-order valence-corrected chi connectivity index (χ3v) is 2.54. The van der Waals surface area contributed by atoms with E-state index >= 15 is 0 Å². The van der Waals surface area contributed by atoms with Gasteiger partial charge in [0.25, 0.3) is 0 Å². The smallest absolute Gasteiger partial charge is 0.408 e. The molecule has 6 nitrogen and oxygen atoms in total. The van der Waals surface area contributed by atoms with Crippen molar-refractivity contribution < 1.29 is 24.2 Å². The summed E-state index contributed by atoms with van der Waals surface area (Å²) in [5.41, 5.74) is -0.572. The van der Waals surface area contributed by atoms with Gasteiger partial charge in [0.05, 0.1) is 13.2 Å². The second-order valence-corrected chi connectivity index (χ2v) is 5.17. The topological polar surface area (TPSA) is 84.9 Å². The summed E-state index contributed by atoms with van der Waals surface area (Å²) in [7, 11) is 0. The third kappa shape index (κ3) is 4.22. The van der Waals surface area contributed by atoms with Crippen LogP contribution in [0, 0.1) is 5.41 Å². The SMILES string of the molecule is CC(C)(C)[C@H](NC(=O)O[C@H]1CCOC1)C(=O)O. The number of alkyl carbamates (subject to hydrolysis) is 1. The van der Waals surface area contributed by atoms with Crippen LogP contribution in [0.15, 0.2) is 0 Å². The first-order chi connectivity index (χ1) is 7.80. The number of ether oxygens (including phenoxy) is 2. The molecule has 1 heterocycles. The minimum Gasteiger partial charge on any atom is -0.480 e. The van der Waals surface area contributed by atoms with Crippen molar-refractivity contribution in [1.82, 2.24) is 5.32 Å². The van der Waals surface area contributed by atoms with Crippen molar-refractivity contribution in [2.45, 2.75) is 39.3 Å². The highest BCUT2D eigenvalue weighted by molar-refractivity contribution is 5.80. The fourth-order valence-corrected chi connectivity index (χ4v) is 1.56. The molecule has 0 saturated carbocycles. The second kappa shape index (κ2) is 5.35. The Kier molecular flexibility index (Phi) is 4.34. The van der Waals surface area contributed by atoms with Crippen molar-refractivity contribution >= 4 is 12.1 Å². The summed E-state index contributed by atoms with van der Waals surface area (Å²) in [6, 6.07) is -0.975. The van der Waals surface area contributed by atoms with Crippen molar-refractivity contribution in [3.63, 3.8) is 0 Å². The number of carbonyl (C=O) groups is 2. The Labute approximate surface area is 100 Å². The minimum atomic E-state index is -1.07. The number of nitrogens with one attached hydrogen (secondary N) is 1. The van der Waals surface area contributed by atoms with Gasteiger partial charge in [-0.15, -0.1) is 0 Å². The molecule has 0 spiro atoms. The predicted molar refractivity (Wildman–Crippen MR) is 59.7 cm³/mol. The summed E-state index contributed by atoms with van der Waals surface area (Å²) in [6.07, 6.45) is -0.326. The van der Waals surface area contributed by atoms with Gasteiger partial charge in [-0.05, 0) is 5.41 Å². The van der Waals surface area contributed by atoms with Gasteiger partial charge in [0, 0.05) is 6.42 Å². The summed E-state index contributed by atoms with van der Waals surface area (Å²) in [5, 5.41) is 11.4. The third-order valence-electron chi connectivity index (χ3n) is 2.54. The van der Waals surface area contributed by atoms with Gasteiger partial charge in [0.15, 0.2) is 0 Å². The second-order valence-electron chi connectivity index (χ2n) is 5.17. The molecule has 1 amide bonds. The summed E-state index contributed by atoms with van der Waals surface area (Å²) in [5.74, 6) is -1.07. The largest absolute Gasteiger partial charge is 0.480 e. The molecule has 1 aliphatic heterocycles. The Morgan fingerprint density at radius 2 is 2.12 bits per heavy atom. The Balaban J connectivity index is 2.49. The zero-order valence-electron chi connectivity index (χ0n) is 10.4.